The van der Waals surface area contributed by atoms with Gasteiger partial charge in [-0.05, 0) is 145 Å². The fourth-order valence-corrected chi connectivity index (χ4v) is 10.0. The molecule has 3 aliphatic heterocycles. The Morgan fingerprint density at radius 3 is 1.37 bits per heavy atom. The van der Waals surface area contributed by atoms with Crippen molar-refractivity contribution in [1.82, 2.24) is 9.97 Å². The lowest BCUT2D eigenvalue weighted by Gasteiger charge is -2.36. The van der Waals surface area contributed by atoms with Gasteiger partial charge in [0.1, 0.15) is 45.1 Å². The summed E-state index contributed by atoms with van der Waals surface area (Å²) >= 11 is 0. The lowest BCUT2D eigenvalue weighted by molar-refractivity contribution is -0.112. The molecule has 0 atom stereocenters. The number of carbonyl (C=O) groups excluding carboxylic acids is 2. The van der Waals surface area contributed by atoms with Crippen molar-refractivity contribution in [1.29, 1.82) is 0 Å². The number of aromatic nitrogens is 2. The predicted octanol–water partition coefficient (Wildman–Crippen LogP) is 11.0. The Hall–Kier alpha value is -6.20. The molecular weight excluding hydrogens is 989 g/mol. The van der Waals surface area contributed by atoms with Crippen molar-refractivity contribution in [2.24, 2.45) is 11.5 Å². The topological polar surface area (TPSA) is 247 Å². The summed E-state index contributed by atoms with van der Waals surface area (Å²) in [6.45, 7) is 14.9. The third kappa shape index (κ3) is 14.3. The summed E-state index contributed by atoms with van der Waals surface area (Å²) in [5, 5.41) is 38.8. The molecule has 8 N–H and O–H groups in total. The molecule has 0 radical (unpaired) electrons. The van der Waals surface area contributed by atoms with Gasteiger partial charge >= 0.3 is 0 Å². The van der Waals surface area contributed by atoms with E-state index in [1.807, 2.05) is 50.2 Å². The molecule has 0 bridgehead atoms. The van der Waals surface area contributed by atoms with E-state index >= 15 is 0 Å². The molecule has 1 aliphatic carbocycles. The van der Waals surface area contributed by atoms with Crippen molar-refractivity contribution in [3.8, 4) is 11.5 Å². The minimum Gasteiger partial charge on any atom is -0.487 e. The van der Waals surface area contributed by atoms with E-state index in [2.05, 4.69) is 56.9 Å². The lowest BCUT2D eigenvalue weighted by Crippen LogP contribution is -2.34. The van der Waals surface area contributed by atoms with Gasteiger partial charge in [0.2, 0.25) is 11.6 Å². The van der Waals surface area contributed by atoms with Crippen LogP contribution in [-0.2, 0) is 35.2 Å². The summed E-state index contributed by atoms with van der Waals surface area (Å²) in [5.41, 5.74) is 17.3. The lowest BCUT2D eigenvalue weighted by atomic mass is 9.82. The molecule has 5 aromatic carbocycles. The van der Waals surface area contributed by atoms with Crippen LogP contribution in [0.2, 0.25) is 0 Å². The molecule has 0 unspecified atom stereocenters. The van der Waals surface area contributed by atoms with Crippen molar-refractivity contribution in [2.75, 3.05) is 39.5 Å². The number of ketones is 2. The van der Waals surface area contributed by atoms with Gasteiger partial charge in [-0.15, -0.1) is 0 Å². The number of Topliss-reactive ketones (excluding diaryl/α,β-unsaturated/α-hetero) is 2. The number of allylic oxidation sites excluding steroid dienone is 1. The second kappa shape index (κ2) is 27.1. The summed E-state index contributed by atoms with van der Waals surface area (Å²) in [6, 6.07) is 23.6. The van der Waals surface area contributed by atoms with Crippen LogP contribution in [0, 0.1) is 0 Å². The summed E-state index contributed by atoms with van der Waals surface area (Å²) in [5.74, 6) is 3.12. The van der Waals surface area contributed by atoms with Crippen LogP contribution in [-0.4, -0.2) is 98.3 Å². The second-order valence-electron chi connectivity index (χ2n) is 22.2. The summed E-state index contributed by atoms with van der Waals surface area (Å²) in [6.07, 6.45) is 13.7. The highest BCUT2D eigenvalue weighted by atomic mass is 16.5. The molecule has 0 spiro atoms. The number of aliphatic hydroxyl groups is 4. The van der Waals surface area contributed by atoms with Gasteiger partial charge in [0.05, 0.1) is 0 Å². The van der Waals surface area contributed by atoms with Crippen molar-refractivity contribution >= 4 is 61.1 Å². The number of aryl methyl sites for hydroxylation is 4. The Morgan fingerprint density at radius 1 is 0.474 bits per heavy atom. The Labute approximate surface area is 458 Å². The first-order valence-corrected chi connectivity index (χ1v) is 28.0. The Balaban J connectivity index is 0.000000153. The number of hydrogen-bond donors (Lipinski definition) is 6. The van der Waals surface area contributed by atoms with E-state index in [0.29, 0.717) is 55.2 Å². The molecule has 5 heterocycles. The number of nitrogens with zero attached hydrogens (tertiary/aromatic N) is 2. The smallest absolute Gasteiger partial charge is 0.234 e. The summed E-state index contributed by atoms with van der Waals surface area (Å²) in [4.78, 5) is 33.5. The summed E-state index contributed by atoms with van der Waals surface area (Å²) in [7, 11) is 0. The average molecular weight is 1070 g/mol. The standard InChI is InChI=1S/C20H23NO3.C19H21NO3.C15H14O3.C5H13NO.C4H11NO/c1-20(2)11-10-15-18(24-20)14-8-4-3-7-13(14)17-19(15)23-16(21-17)9-5-6-12-22;1-19(2)10-9-14-17(23-19)13-7-4-3-6-12(13)16-18(14)22-15(20-16)8-5-11-21;1-15(2)8-7-11-13(17)12(16)9-5-3-4-6-10(9)14(11)18-15;6-4-2-1-3-5-7;5-3-1-2-4-6/h3-4,7-8,22H,5-6,9-12H2,1-2H3;3-4,6-7,21H,5,8-11H2,1-2H3;3-6H,7-8H2,1-2H3;7H,1-6H2;6H,1-5H2. The van der Waals surface area contributed by atoms with Gasteiger partial charge in [-0.2, -0.15) is 0 Å². The molecule has 2 aromatic heterocycles. The minimum atomic E-state index is -0.410. The van der Waals surface area contributed by atoms with E-state index in [1.54, 1.807) is 12.1 Å². The molecule has 0 saturated carbocycles. The van der Waals surface area contributed by atoms with E-state index in [0.717, 1.165) is 168 Å². The third-order valence-electron chi connectivity index (χ3n) is 14.4. The molecule has 0 amide bonds. The number of fused-ring (bicyclic) bond motifs is 14. The zero-order chi connectivity index (χ0) is 56.0. The Kier molecular flexibility index (Phi) is 20.7. The van der Waals surface area contributed by atoms with E-state index in [1.165, 1.54) is 0 Å². The molecule has 15 nitrogen and oxygen atoms in total. The number of hydrogen-bond acceptors (Lipinski definition) is 15. The number of benzene rings is 5. The monoisotopic (exact) mass is 1070 g/mol. The van der Waals surface area contributed by atoms with Gasteiger partial charge in [0.15, 0.2) is 22.9 Å². The molecule has 0 fully saturated rings. The highest BCUT2D eigenvalue weighted by Gasteiger charge is 2.40. The number of nitrogens with two attached hydrogens (primary N) is 2. The first-order valence-electron chi connectivity index (χ1n) is 28.0. The van der Waals surface area contributed by atoms with Gasteiger partial charge in [-0.3, -0.25) is 9.59 Å². The normalized spacial score (nSPS) is 16.3. The molecule has 0 saturated heterocycles. The molecule has 4 aliphatic rings. The predicted molar refractivity (Wildman–Crippen MR) is 307 cm³/mol. The maximum absolute atomic E-state index is 12.0. The van der Waals surface area contributed by atoms with Crippen LogP contribution in [0.1, 0.15) is 157 Å². The van der Waals surface area contributed by atoms with Gasteiger partial charge in [-0.1, -0.05) is 72.8 Å². The molecule has 15 heteroatoms. The Bertz CT molecular complexity index is 3180. The van der Waals surface area contributed by atoms with Crippen LogP contribution < -0.4 is 20.9 Å². The zero-order valence-electron chi connectivity index (χ0n) is 46.7. The third-order valence-corrected chi connectivity index (χ3v) is 14.4. The number of rotatable bonds is 14. The van der Waals surface area contributed by atoms with Crippen LogP contribution in [0.15, 0.2) is 87.2 Å². The first-order chi connectivity index (χ1) is 37.5. The van der Waals surface area contributed by atoms with Gasteiger partial charge < -0.3 is 54.9 Å². The van der Waals surface area contributed by atoms with Gasteiger partial charge in [0, 0.05) is 88.6 Å². The molecule has 78 heavy (non-hydrogen) atoms. The highest BCUT2D eigenvalue weighted by molar-refractivity contribution is 6.52. The van der Waals surface area contributed by atoms with Crippen LogP contribution in [0.4, 0.5) is 0 Å². The van der Waals surface area contributed by atoms with Crippen molar-refractivity contribution in [3.63, 3.8) is 0 Å². The molecule has 11 rings (SSSR count). The van der Waals surface area contributed by atoms with Gasteiger partial charge in [0.25, 0.3) is 0 Å². The highest BCUT2D eigenvalue weighted by Crippen LogP contribution is 2.46. The molecule has 420 valence electrons. The SMILES string of the molecule is CC1(C)CCC2=C(O1)c1ccccc1C(=O)C2=O.CC1(C)CCc2c(c3ccccc3c3nc(CCCCO)oc23)O1.CC1(C)CCc2c(c3ccccc3c3nc(CCCO)oc23)O1.NCCCCCO.NCCCCO. The van der Waals surface area contributed by atoms with E-state index in [4.69, 9.17) is 59.9 Å². The van der Waals surface area contributed by atoms with Crippen molar-refractivity contribution in [3.05, 3.63) is 112 Å². The second-order valence-corrected chi connectivity index (χ2v) is 22.2. The molecular formula is C63H82N4O11. The maximum Gasteiger partial charge on any atom is 0.234 e. The Morgan fingerprint density at radius 2 is 0.885 bits per heavy atom. The van der Waals surface area contributed by atoms with Gasteiger partial charge in [-0.25, -0.2) is 9.97 Å². The largest absolute Gasteiger partial charge is 0.487 e. The van der Waals surface area contributed by atoms with E-state index in [9.17, 15) is 9.59 Å². The maximum atomic E-state index is 12.0. The minimum absolute atomic E-state index is 0.148. The van der Waals surface area contributed by atoms with Crippen LogP contribution in [0.3, 0.4) is 0 Å². The van der Waals surface area contributed by atoms with E-state index < -0.39 is 11.6 Å². The average Bonchev–Trinajstić information content (AvgIpc) is 4.20. The number of carbonyl (C=O) groups is 2. The first kappa shape index (κ1) is 59.5. The number of ether oxygens (including phenoxy) is 3. The number of unbranched alkanes of at least 4 members (excludes halogenated alkanes) is 4. The fraction of sp³-hybridized carbons (Fsp3) is 0.492. The fourth-order valence-electron chi connectivity index (χ4n) is 10.0. The quantitative estimate of drug-likeness (QED) is 0.0438. The van der Waals surface area contributed by atoms with E-state index in [-0.39, 0.29) is 36.6 Å². The van der Waals surface area contributed by atoms with Crippen molar-refractivity contribution in [2.45, 2.75) is 161 Å². The van der Waals surface area contributed by atoms with Crippen LogP contribution in [0.5, 0.6) is 11.5 Å². The van der Waals surface area contributed by atoms with Crippen LogP contribution in [0.25, 0.3) is 49.5 Å². The number of aliphatic hydroxyl groups excluding tert-OH is 4. The number of oxazole rings is 2. The zero-order valence-corrected chi connectivity index (χ0v) is 46.7. The molecule has 7 aromatic rings. The van der Waals surface area contributed by atoms with Crippen molar-refractivity contribution < 1.29 is 53.1 Å². The summed E-state index contributed by atoms with van der Waals surface area (Å²) < 4.78 is 30.7. The van der Waals surface area contributed by atoms with Crippen LogP contribution >= 0.6 is 0 Å².